The summed E-state index contributed by atoms with van der Waals surface area (Å²) in [6, 6.07) is 6.09. The first-order valence-electron chi connectivity index (χ1n) is 9.08. The van der Waals surface area contributed by atoms with Gasteiger partial charge in [-0.15, -0.1) is 0 Å². The van der Waals surface area contributed by atoms with E-state index in [2.05, 4.69) is 5.32 Å². The van der Waals surface area contributed by atoms with E-state index in [1.807, 2.05) is 11.8 Å². The third-order valence-corrected chi connectivity index (χ3v) is 9.12. The van der Waals surface area contributed by atoms with Crippen molar-refractivity contribution < 1.29 is 17.9 Å². The molecule has 144 valence electrons. The van der Waals surface area contributed by atoms with Crippen molar-refractivity contribution in [1.82, 2.24) is 9.62 Å². The molecule has 0 radical (unpaired) electrons. The van der Waals surface area contributed by atoms with Crippen molar-refractivity contribution >= 4 is 21.8 Å². The van der Waals surface area contributed by atoms with Gasteiger partial charge in [0.15, 0.2) is 0 Å². The van der Waals surface area contributed by atoms with Gasteiger partial charge in [0.25, 0.3) is 0 Å². The minimum absolute atomic E-state index is 0.0700. The maximum absolute atomic E-state index is 13.1. The molecular formula is C18H26N2O4S2. The van der Waals surface area contributed by atoms with Crippen LogP contribution in [0.5, 0.6) is 11.5 Å². The summed E-state index contributed by atoms with van der Waals surface area (Å²) in [6.45, 7) is 1.15. The molecule has 2 saturated heterocycles. The van der Waals surface area contributed by atoms with Crippen LogP contribution in [0.3, 0.4) is 0 Å². The van der Waals surface area contributed by atoms with Crippen LogP contribution in [-0.4, -0.2) is 62.6 Å². The summed E-state index contributed by atoms with van der Waals surface area (Å²) in [6.07, 6.45) is 4.95. The fraction of sp³-hybridized carbons (Fsp3) is 0.667. The Kier molecular flexibility index (Phi) is 4.88. The molecule has 1 saturated carbocycles. The van der Waals surface area contributed by atoms with Gasteiger partial charge in [0, 0.05) is 41.7 Å². The van der Waals surface area contributed by atoms with E-state index in [1.165, 1.54) is 33.5 Å². The van der Waals surface area contributed by atoms with Gasteiger partial charge in [-0.1, -0.05) is 6.42 Å². The lowest BCUT2D eigenvalue weighted by Gasteiger charge is -2.46. The van der Waals surface area contributed by atoms with Crippen LogP contribution in [0.4, 0.5) is 0 Å². The normalized spacial score (nSPS) is 25.7. The molecule has 8 heteroatoms. The Bertz CT molecular complexity index is 773. The molecule has 1 N–H and O–H groups in total. The van der Waals surface area contributed by atoms with Crippen LogP contribution >= 0.6 is 11.8 Å². The van der Waals surface area contributed by atoms with E-state index in [-0.39, 0.29) is 9.64 Å². The van der Waals surface area contributed by atoms with Gasteiger partial charge >= 0.3 is 0 Å². The number of nitrogens with zero attached hydrogens (tertiary/aromatic N) is 1. The highest BCUT2D eigenvalue weighted by atomic mass is 32.2. The highest BCUT2D eigenvalue weighted by Gasteiger charge is 2.53. The van der Waals surface area contributed by atoms with Crippen LogP contribution in [-0.2, 0) is 10.0 Å². The average molecular weight is 399 g/mol. The van der Waals surface area contributed by atoms with Gasteiger partial charge in [0.05, 0.1) is 14.2 Å². The van der Waals surface area contributed by atoms with E-state index in [0.29, 0.717) is 36.7 Å². The molecule has 3 fully saturated rings. The third-order valence-electron chi connectivity index (χ3n) is 5.70. The lowest BCUT2D eigenvalue weighted by atomic mass is 9.90. The third kappa shape index (κ3) is 3.21. The lowest BCUT2D eigenvalue weighted by Crippen LogP contribution is -2.61. The first-order chi connectivity index (χ1) is 12.5. The molecule has 0 amide bonds. The first-order valence-corrected chi connectivity index (χ1v) is 11.5. The Morgan fingerprint density at radius 1 is 1.19 bits per heavy atom. The molecule has 1 spiro atoms. The van der Waals surface area contributed by atoms with Gasteiger partial charge in [-0.05, 0) is 31.4 Å². The zero-order valence-corrected chi connectivity index (χ0v) is 16.9. The Balaban J connectivity index is 1.45. The average Bonchev–Trinajstić information content (AvgIpc) is 3.01. The highest BCUT2D eigenvalue weighted by Crippen LogP contribution is 2.48. The molecule has 2 aliphatic heterocycles. The molecule has 3 aliphatic rings. The predicted octanol–water partition coefficient (Wildman–Crippen LogP) is 2.09. The van der Waals surface area contributed by atoms with Crippen LogP contribution in [0.25, 0.3) is 0 Å². The van der Waals surface area contributed by atoms with Crippen molar-refractivity contribution in [3.05, 3.63) is 18.2 Å². The highest BCUT2D eigenvalue weighted by molar-refractivity contribution is 8.01. The van der Waals surface area contributed by atoms with E-state index in [1.54, 1.807) is 22.5 Å². The summed E-state index contributed by atoms with van der Waals surface area (Å²) < 4.78 is 38.3. The van der Waals surface area contributed by atoms with Crippen molar-refractivity contribution in [2.24, 2.45) is 0 Å². The van der Waals surface area contributed by atoms with Crippen LogP contribution in [0.1, 0.15) is 25.7 Å². The quantitative estimate of drug-likeness (QED) is 0.792. The number of ether oxygens (including phenoxy) is 2. The summed E-state index contributed by atoms with van der Waals surface area (Å²) >= 11 is 1.92. The largest absolute Gasteiger partial charge is 0.497 e. The van der Waals surface area contributed by atoms with Crippen molar-refractivity contribution in [3.8, 4) is 11.5 Å². The van der Waals surface area contributed by atoms with E-state index in [9.17, 15) is 8.42 Å². The van der Waals surface area contributed by atoms with E-state index in [0.717, 1.165) is 12.2 Å². The molecule has 1 aliphatic carbocycles. The van der Waals surface area contributed by atoms with Crippen molar-refractivity contribution in [1.29, 1.82) is 0 Å². The number of sulfonamides is 1. The SMILES string of the molecule is COc1ccc(OC)c(S(=O)(=O)N2CC3(CC(NC4CCC4)CS3)C2)c1. The fourth-order valence-electron chi connectivity index (χ4n) is 3.97. The molecule has 2 heterocycles. The molecule has 26 heavy (non-hydrogen) atoms. The Morgan fingerprint density at radius 2 is 1.96 bits per heavy atom. The Labute approximate surface area is 159 Å². The molecular weight excluding hydrogens is 372 g/mol. The van der Waals surface area contributed by atoms with Gasteiger partial charge < -0.3 is 14.8 Å². The number of hydrogen-bond acceptors (Lipinski definition) is 6. The number of thioether (sulfide) groups is 1. The standard InChI is InChI=1S/C18H26N2O4S2/c1-23-15-6-7-16(24-2)17(8-15)26(21,22)20-11-18(12-20)9-14(10-25-18)19-13-4-3-5-13/h6-8,13-14,19H,3-5,9-12H2,1-2H3. The van der Waals surface area contributed by atoms with Crippen LogP contribution in [0.15, 0.2) is 23.1 Å². The number of nitrogens with one attached hydrogen (secondary N) is 1. The number of methoxy groups -OCH3 is 2. The molecule has 4 rings (SSSR count). The minimum atomic E-state index is -3.58. The zero-order valence-electron chi connectivity index (χ0n) is 15.2. The lowest BCUT2D eigenvalue weighted by molar-refractivity contribution is 0.209. The molecule has 6 nitrogen and oxygen atoms in total. The Hall–Kier alpha value is -0.960. The second-order valence-electron chi connectivity index (χ2n) is 7.48. The number of benzene rings is 1. The van der Waals surface area contributed by atoms with Gasteiger partial charge in [0.2, 0.25) is 10.0 Å². The van der Waals surface area contributed by atoms with Gasteiger partial charge in [-0.25, -0.2) is 8.42 Å². The predicted molar refractivity (Wildman–Crippen MR) is 103 cm³/mol. The molecule has 0 bridgehead atoms. The Morgan fingerprint density at radius 3 is 2.58 bits per heavy atom. The van der Waals surface area contributed by atoms with Crippen LogP contribution in [0, 0.1) is 0 Å². The van der Waals surface area contributed by atoms with Crippen molar-refractivity contribution in [2.75, 3.05) is 33.1 Å². The second kappa shape index (κ2) is 6.89. The maximum atomic E-state index is 13.1. The molecule has 1 unspecified atom stereocenters. The van der Waals surface area contributed by atoms with Gasteiger partial charge in [0.1, 0.15) is 16.4 Å². The van der Waals surface area contributed by atoms with E-state index in [4.69, 9.17) is 9.47 Å². The van der Waals surface area contributed by atoms with Crippen molar-refractivity contribution in [3.63, 3.8) is 0 Å². The molecule has 1 aromatic carbocycles. The van der Waals surface area contributed by atoms with Crippen LogP contribution < -0.4 is 14.8 Å². The van der Waals surface area contributed by atoms with Crippen LogP contribution in [0.2, 0.25) is 0 Å². The molecule has 1 aromatic rings. The number of rotatable bonds is 6. The minimum Gasteiger partial charge on any atom is -0.497 e. The fourth-order valence-corrected chi connectivity index (χ4v) is 7.50. The zero-order chi connectivity index (χ0) is 18.4. The number of hydrogen-bond donors (Lipinski definition) is 1. The summed E-state index contributed by atoms with van der Waals surface area (Å²) in [4.78, 5) is 0.182. The summed E-state index contributed by atoms with van der Waals surface area (Å²) in [5.41, 5.74) is 0. The summed E-state index contributed by atoms with van der Waals surface area (Å²) in [5, 5.41) is 3.73. The summed E-state index contributed by atoms with van der Waals surface area (Å²) in [5.74, 6) is 1.95. The monoisotopic (exact) mass is 398 g/mol. The van der Waals surface area contributed by atoms with Crippen molar-refractivity contribution in [2.45, 2.75) is 47.4 Å². The molecule has 1 atom stereocenters. The smallest absolute Gasteiger partial charge is 0.246 e. The summed E-state index contributed by atoms with van der Waals surface area (Å²) in [7, 11) is -0.563. The second-order valence-corrected chi connectivity index (χ2v) is 10.9. The molecule has 0 aromatic heterocycles. The first kappa shape index (κ1) is 18.4. The van der Waals surface area contributed by atoms with Gasteiger partial charge in [-0.3, -0.25) is 0 Å². The van der Waals surface area contributed by atoms with E-state index >= 15 is 0 Å². The maximum Gasteiger partial charge on any atom is 0.246 e. The topological polar surface area (TPSA) is 67.9 Å². The van der Waals surface area contributed by atoms with Gasteiger partial charge in [-0.2, -0.15) is 16.1 Å². The van der Waals surface area contributed by atoms with E-state index < -0.39 is 10.0 Å².